The van der Waals surface area contributed by atoms with Crippen molar-refractivity contribution in [3.63, 3.8) is 0 Å². The second-order valence-electron chi connectivity index (χ2n) is 4.12. The molecular weight excluding hydrogens is 180 g/mol. The number of likely N-dealkylation sites (N-methyl/N-ethyl adjacent to an activating group) is 1. The van der Waals surface area contributed by atoms with Crippen LogP contribution >= 0.6 is 0 Å². The minimum atomic E-state index is -0.303. The highest BCUT2D eigenvalue weighted by Gasteiger charge is 2.44. The summed E-state index contributed by atoms with van der Waals surface area (Å²) in [6.07, 6.45) is 2.14. The zero-order valence-corrected chi connectivity index (χ0v) is 8.62. The minimum Gasteiger partial charge on any atom is -0.342 e. The lowest BCUT2D eigenvalue weighted by atomic mass is 10.0. The van der Waals surface area contributed by atoms with E-state index in [1.165, 1.54) is 0 Å². The summed E-state index contributed by atoms with van der Waals surface area (Å²) in [5.41, 5.74) is 0. The third-order valence-corrected chi connectivity index (χ3v) is 3.13. The van der Waals surface area contributed by atoms with Crippen molar-refractivity contribution in [1.29, 1.82) is 0 Å². The van der Waals surface area contributed by atoms with Crippen LogP contribution in [-0.2, 0) is 9.59 Å². The summed E-state index contributed by atoms with van der Waals surface area (Å²) in [5, 5.41) is 2.81. The quantitative estimate of drug-likeness (QED) is 0.682. The second-order valence-corrected chi connectivity index (χ2v) is 4.12. The van der Waals surface area contributed by atoms with Crippen molar-refractivity contribution in [3.8, 4) is 0 Å². The molecule has 1 heterocycles. The maximum absolute atomic E-state index is 11.9. The van der Waals surface area contributed by atoms with Crippen LogP contribution in [0.4, 0.5) is 0 Å². The van der Waals surface area contributed by atoms with Crippen LogP contribution in [0.25, 0.3) is 0 Å². The minimum absolute atomic E-state index is 0.0108. The fourth-order valence-corrected chi connectivity index (χ4v) is 2.03. The summed E-state index contributed by atoms with van der Waals surface area (Å²) < 4.78 is 0. The molecule has 2 rings (SSSR count). The first-order valence-electron chi connectivity index (χ1n) is 5.26. The lowest BCUT2D eigenvalue weighted by molar-refractivity contribution is -0.148. The molecule has 0 radical (unpaired) electrons. The molecule has 0 aromatic rings. The Hall–Kier alpha value is -1.06. The molecule has 2 fully saturated rings. The van der Waals surface area contributed by atoms with Gasteiger partial charge < -0.3 is 10.2 Å². The first kappa shape index (κ1) is 9.49. The highest BCUT2D eigenvalue weighted by molar-refractivity contribution is 5.97. The maximum Gasteiger partial charge on any atom is 0.246 e. The molecule has 0 spiro atoms. The van der Waals surface area contributed by atoms with E-state index in [1.807, 2.05) is 6.92 Å². The fraction of sp³-hybridized carbons (Fsp3) is 0.800. The number of rotatable bonds is 2. The molecule has 0 bridgehead atoms. The third-order valence-electron chi connectivity index (χ3n) is 3.13. The Balaban J connectivity index is 2.15. The van der Waals surface area contributed by atoms with Gasteiger partial charge in [0.2, 0.25) is 11.8 Å². The summed E-state index contributed by atoms with van der Waals surface area (Å²) in [7, 11) is 0. The molecule has 1 aliphatic carbocycles. The molecule has 2 amide bonds. The van der Waals surface area contributed by atoms with Gasteiger partial charge in [0.1, 0.15) is 12.1 Å². The third kappa shape index (κ3) is 1.38. The SMILES string of the molecule is CCN1C(=O)C(C2CC2)NC(=O)C1C. The van der Waals surface area contributed by atoms with Gasteiger partial charge in [-0.05, 0) is 32.6 Å². The van der Waals surface area contributed by atoms with E-state index in [2.05, 4.69) is 5.32 Å². The van der Waals surface area contributed by atoms with Gasteiger partial charge in [0, 0.05) is 6.54 Å². The average Bonchev–Trinajstić information content (AvgIpc) is 2.96. The number of nitrogens with zero attached hydrogens (tertiary/aromatic N) is 1. The van der Waals surface area contributed by atoms with Crippen LogP contribution in [0.2, 0.25) is 0 Å². The van der Waals surface area contributed by atoms with Gasteiger partial charge >= 0.3 is 0 Å². The Bertz CT molecular complexity index is 269. The maximum atomic E-state index is 11.9. The Morgan fingerprint density at radius 2 is 2.07 bits per heavy atom. The number of hydrogen-bond acceptors (Lipinski definition) is 2. The molecule has 78 valence electrons. The summed E-state index contributed by atoms with van der Waals surface area (Å²) in [4.78, 5) is 25.1. The number of carbonyl (C=O) groups is 2. The number of piperazine rings is 1. The van der Waals surface area contributed by atoms with E-state index in [-0.39, 0.29) is 23.9 Å². The molecule has 0 aromatic carbocycles. The topological polar surface area (TPSA) is 49.4 Å². The highest BCUT2D eigenvalue weighted by Crippen LogP contribution is 2.34. The average molecular weight is 196 g/mol. The van der Waals surface area contributed by atoms with Gasteiger partial charge in [-0.2, -0.15) is 0 Å². The molecule has 1 saturated heterocycles. The Morgan fingerprint density at radius 1 is 1.43 bits per heavy atom. The Kier molecular flexibility index (Phi) is 2.21. The molecule has 1 aliphatic heterocycles. The van der Waals surface area contributed by atoms with Crippen molar-refractivity contribution in [2.45, 2.75) is 38.8 Å². The molecule has 2 atom stereocenters. The normalized spacial score (nSPS) is 33.1. The number of carbonyl (C=O) groups excluding carboxylic acids is 2. The smallest absolute Gasteiger partial charge is 0.246 e. The van der Waals surface area contributed by atoms with Gasteiger partial charge in [-0.25, -0.2) is 0 Å². The lowest BCUT2D eigenvalue weighted by Crippen LogP contribution is -2.62. The molecule has 1 saturated carbocycles. The van der Waals surface area contributed by atoms with Crippen LogP contribution in [0.5, 0.6) is 0 Å². The molecule has 2 unspecified atom stereocenters. The molecule has 0 aromatic heterocycles. The van der Waals surface area contributed by atoms with E-state index in [0.717, 1.165) is 12.8 Å². The van der Waals surface area contributed by atoms with Crippen molar-refractivity contribution in [2.24, 2.45) is 5.92 Å². The lowest BCUT2D eigenvalue weighted by Gasteiger charge is -2.36. The second kappa shape index (κ2) is 3.26. The van der Waals surface area contributed by atoms with Crippen LogP contribution < -0.4 is 5.32 Å². The molecule has 1 N–H and O–H groups in total. The zero-order valence-electron chi connectivity index (χ0n) is 8.62. The molecule has 4 heteroatoms. The van der Waals surface area contributed by atoms with Crippen molar-refractivity contribution >= 4 is 11.8 Å². The number of amides is 2. The first-order valence-corrected chi connectivity index (χ1v) is 5.26. The largest absolute Gasteiger partial charge is 0.342 e. The van der Waals surface area contributed by atoms with Crippen LogP contribution in [0.15, 0.2) is 0 Å². The Labute approximate surface area is 83.6 Å². The predicted octanol–water partition coefficient (Wildman–Crippen LogP) is 0.132. The van der Waals surface area contributed by atoms with Crippen LogP contribution in [0, 0.1) is 5.92 Å². The molecule has 4 nitrogen and oxygen atoms in total. The van der Waals surface area contributed by atoms with Crippen LogP contribution in [0.1, 0.15) is 26.7 Å². The van der Waals surface area contributed by atoms with Crippen molar-refractivity contribution in [3.05, 3.63) is 0 Å². The highest BCUT2D eigenvalue weighted by atomic mass is 16.2. The summed E-state index contributed by atoms with van der Waals surface area (Å²) in [6.45, 7) is 4.31. The van der Waals surface area contributed by atoms with Gasteiger partial charge in [-0.15, -0.1) is 0 Å². The van der Waals surface area contributed by atoms with Crippen LogP contribution in [-0.4, -0.2) is 35.3 Å². The monoisotopic (exact) mass is 196 g/mol. The molecule has 2 aliphatic rings. The molecular formula is C10H16N2O2. The van der Waals surface area contributed by atoms with Crippen LogP contribution in [0.3, 0.4) is 0 Å². The van der Waals surface area contributed by atoms with Gasteiger partial charge in [0.05, 0.1) is 0 Å². The van der Waals surface area contributed by atoms with E-state index < -0.39 is 0 Å². The Morgan fingerprint density at radius 3 is 2.57 bits per heavy atom. The fourth-order valence-electron chi connectivity index (χ4n) is 2.03. The van der Waals surface area contributed by atoms with E-state index >= 15 is 0 Å². The van der Waals surface area contributed by atoms with E-state index in [9.17, 15) is 9.59 Å². The van der Waals surface area contributed by atoms with Gasteiger partial charge in [-0.1, -0.05) is 0 Å². The van der Waals surface area contributed by atoms with Crippen molar-refractivity contribution < 1.29 is 9.59 Å². The number of hydrogen-bond donors (Lipinski definition) is 1. The summed E-state index contributed by atoms with van der Waals surface area (Å²) >= 11 is 0. The van der Waals surface area contributed by atoms with Crippen molar-refractivity contribution in [2.75, 3.05) is 6.54 Å². The predicted molar refractivity (Wildman–Crippen MR) is 51.5 cm³/mol. The first-order chi connectivity index (χ1) is 6.65. The standard InChI is InChI=1S/C10H16N2O2/c1-3-12-6(2)9(13)11-8(10(12)14)7-4-5-7/h6-8H,3-5H2,1-2H3,(H,11,13). The van der Waals surface area contributed by atoms with E-state index in [1.54, 1.807) is 11.8 Å². The van der Waals surface area contributed by atoms with Gasteiger partial charge in [0.15, 0.2) is 0 Å². The van der Waals surface area contributed by atoms with E-state index in [4.69, 9.17) is 0 Å². The molecule has 14 heavy (non-hydrogen) atoms. The van der Waals surface area contributed by atoms with Gasteiger partial charge in [-0.3, -0.25) is 9.59 Å². The van der Waals surface area contributed by atoms with E-state index in [0.29, 0.717) is 12.5 Å². The zero-order chi connectivity index (χ0) is 10.3. The number of nitrogens with one attached hydrogen (secondary N) is 1. The van der Waals surface area contributed by atoms with Gasteiger partial charge in [0.25, 0.3) is 0 Å². The summed E-state index contributed by atoms with van der Waals surface area (Å²) in [5.74, 6) is 0.485. The van der Waals surface area contributed by atoms with Crippen molar-refractivity contribution in [1.82, 2.24) is 10.2 Å². The summed E-state index contributed by atoms with van der Waals surface area (Å²) in [6, 6.07) is -0.541.